The molecule has 0 saturated heterocycles. The molecule has 3 nitrogen and oxygen atoms in total. The van der Waals surface area contributed by atoms with E-state index in [0.717, 1.165) is 17.5 Å². The minimum atomic E-state index is -0.114. The van der Waals surface area contributed by atoms with E-state index in [9.17, 15) is 0 Å². The second kappa shape index (κ2) is 5.96. The summed E-state index contributed by atoms with van der Waals surface area (Å²) in [5.41, 5.74) is 6.09. The Labute approximate surface area is 112 Å². The number of nitrogens with one attached hydrogen (secondary N) is 1. The fourth-order valence-electron chi connectivity index (χ4n) is 2.07. The van der Waals surface area contributed by atoms with Crippen molar-refractivity contribution in [1.82, 2.24) is 10.4 Å². The summed E-state index contributed by atoms with van der Waals surface area (Å²) >= 11 is 6.23. The minimum Gasteiger partial charge on any atom is -0.271 e. The largest absolute Gasteiger partial charge is 0.271 e. The second-order valence-corrected chi connectivity index (χ2v) is 4.46. The maximum Gasteiger partial charge on any atom is 0.0728 e. The molecular weight excluding hydrogens is 246 g/mol. The van der Waals surface area contributed by atoms with Gasteiger partial charge in [-0.05, 0) is 35.2 Å². The average Bonchev–Trinajstić information content (AvgIpc) is 2.42. The van der Waals surface area contributed by atoms with E-state index in [1.165, 1.54) is 5.56 Å². The van der Waals surface area contributed by atoms with Gasteiger partial charge in [-0.3, -0.25) is 10.8 Å². The van der Waals surface area contributed by atoms with Gasteiger partial charge in [0.05, 0.1) is 6.04 Å². The number of hydrazine groups is 1. The molecule has 4 heteroatoms. The molecule has 0 radical (unpaired) electrons. The molecule has 1 aromatic carbocycles. The first-order chi connectivity index (χ1) is 8.77. The van der Waals surface area contributed by atoms with Gasteiger partial charge in [0.1, 0.15) is 0 Å². The zero-order chi connectivity index (χ0) is 13.0. The number of rotatable bonds is 4. The Kier molecular flexibility index (Phi) is 4.31. The SMILES string of the molecule is CCc1cnccc1C(NN)c1ccccc1Cl. The molecule has 3 N–H and O–H groups in total. The Bertz CT molecular complexity index is 528. The predicted molar refractivity (Wildman–Crippen MR) is 74.2 cm³/mol. The zero-order valence-electron chi connectivity index (χ0n) is 10.2. The van der Waals surface area contributed by atoms with Crippen molar-refractivity contribution in [3.05, 3.63) is 64.4 Å². The van der Waals surface area contributed by atoms with Gasteiger partial charge in [-0.15, -0.1) is 0 Å². The van der Waals surface area contributed by atoms with Crippen molar-refractivity contribution < 1.29 is 0 Å². The molecule has 1 unspecified atom stereocenters. The second-order valence-electron chi connectivity index (χ2n) is 4.05. The number of nitrogens with two attached hydrogens (primary N) is 1. The van der Waals surface area contributed by atoms with Crippen LogP contribution < -0.4 is 11.3 Å². The summed E-state index contributed by atoms with van der Waals surface area (Å²) < 4.78 is 0. The number of aromatic nitrogens is 1. The van der Waals surface area contributed by atoms with Gasteiger partial charge in [-0.2, -0.15) is 0 Å². The monoisotopic (exact) mass is 261 g/mol. The molecule has 0 saturated carbocycles. The van der Waals surface area contributed by atoms with Gasteiger partial charge in [0.2, 0.25) is 0 Å². The lowest BCUT2D eigenvalue weighted by Gasteiger charge is -2.20. The van der Waals surface area contributed by atoms with Crippen LogP contribution in [-0.2, 0) is 6.42 Å². The Morgan fingerprint density at radius 1 is 1.28 bits per heavy atom. The van der Waals surface area contributed by atoms with Crippen molar-refractivity contribution >= 4 is 11.6 Å². The summed E-state index contributed by atoms with van der Waals surface area (Å²) in [7, 11) is 0. The normalized spacial score (nSPS) is 12.4. The maximum atomic E-state index is 6.23. The van der Waals surface area contributed by atoms with E-state index >= 15 is 0 Å². The molecule has 0 bridgehead atoms. The topological polar surface area (TPSA) is 50.9 Å². The van der Waals surface area contributed by atoms with Gasteiger partial charge < -0.3 is 0 Å². The van der Waals surface area contributed by atoms with E-state index in [1.54, 1.807) is 6.20 Å². The van der Waals surface area contributed by atoms with Crippen LogP contribution in [0.5, 0.6) is 0 Å². The van der Waals surface area contributed by atoms with Crippen LogP contribution >= 0.6 is 11.6 Å². The summed E-state index contributed by atoms with van der Waals surface area (Å²) in [4.78, 5) is 4.15. The molecule has 0 fully saturated rings. The van der Waals surface area contributed by atoms with E-state index in [2.05, 4.69) is 17.3 Å². The minimum absolute atomic E-state index is 0.114. The lowest BCUT2D eigenvalue weighted by atomic mass is 9.95. The Morgan fingerprint density at radius 2 is 2.06 bits per heavy atom. The van der Waals surface area contributed by atoms with Crippen LogP contribution in [0.3, 0.4) is 0 Å². The van der Waals surface area contributed by atoms with Gasteiger partial charge in [0.25, 0.3) is 0 Å². The Balaban J connectivity index is 2.49. The summed E-state index contributed by atoms with van der Waals surface area (Å²) in [6, 6.07) is 9.58. The lowest BCUT2D eigenvalue weighted by molar-refractivity contribution is 0.630. The number of hydrogen-bond acceptors (Lipinski definition) is 3. The predicted octanol–water partition coefficient (Wildman–Crippen LogP) is 2.85. The average molecular weight is 262 g/mol. The van der Waals surface area contributed by atoms with Crippen LogP contribution in [0.25, 0.3) is 0 Å². The van der Waals surface area contributed by atoms with Crippen LogP contribution in [0, 0.1) is 0 Å². The maximum absolute atomic E-state index is 6.23. The van der Waals surface area contributed by atoms with Crippen LogP contribution in [0.2, 0.25) is 5.02 Å². The molecule has 1 aromatic heterocycles. The molecule has 0 aliphatic rings. The van der Waals surface area contributed by atoms with Gasteiger partial charge >= 0.3 is 0 Å². The highest BCUT2D eigenvalue weighted by Gasteiger charge is 2.17. The molecule has 0 aliphatic heterocycles. The van der Waals surface area contributed by atoms with Crippen molar-refractivity contribution in [1.29, 1.82) is 0 Å². The molecule has 2 rings (SSSR count). The summed E-state index contributed by atoms with van der Waals surface area (Å²) in [6.45, 7) is 2.10. The molecule has 2 aromatic rings. The third-order valence-corrected chi connectivity index (χ3v) is 3.36. The van der Waals surface area contributed by atoms with Gasteiger partial charge in [0, 0.05) is 17.4 Å². The smallest absolute Gasteiger partial charge is 0.0728 e. The van der Waals surface area contributed by atoms with Gasteiger partial charge in [-0.1, -0.05) is 36.7 Å². The standard InChI is InChI=1S/C14H16ClN3/c1-2-10-9-17-8-7-11(10)14(18-16)12-5-3-4-6-13(12)15/h3-9,14,18H,2,16H2,1H3. The number of pyridine rings is 1. The van der Waals surface area contributed by atoms with Crippen LogP contribution in [0.4, 0.5) is 0 Å². The fraction of sp³-hybridized carbons (Fsp3) is 0.214. The van der Waals surface area contributed by atoms with E-state index in [0.29, 0.717) is 5.02 Å². The van der Waals surface area contributed by atoms with E-state index in [-0.39, 0.29) is 6.04 Å². The van der Waals surface area contributed by atoms with E-state index in [4.69, 9.17) is 17.4 Å². The highest BCUT2D eigenvalue weighted by molar-refractivity contribution is 6.31. The highest BCUT2D eigenvalue weighted by Crippen LogP contribution is 2.29. The first kappa shape index (κ1) is 13.0. The Hall–Kier alpha value is -1.42. The lowest BCUT2D eigenvalue weighted by Crippen LogP contribution is -2.29. The summed E-state index contributed by atoms with van der Waals surface area (Å²) in [6.07, 6.45) is 4.55. The third-order valence-electron chi connectivity index (χ3n) is 3.02. The van der Waals surface area contributed by atoms with Crippen molar-refractivity contribution in [2.75, 3.05) is 0 Å². The summed E-state index contributed by atoms with van der Waals surface area (Å²) in [5, 5.41) is 0.708. The van der Waals surface area contributed by atoms with Gasteiger partial charge in [-0.25, -0.2) is 5.43 Å². The molecule has 1 heterocycles. The van der Waals surface area contributed by atoms with E-state index in [1.807, 2.05) is 36.5 Å². The molecule has 0 aliphatic carbocycles. The fourth-order valence-corrected chi connectivity index (χ4v) is 2.32. The van der Waals surface area contributed by atoms with Gasteiger partial charge in [0.15, 0.2) is 0 Å². The molecular formula is C14H16ClN3. The Morgan fingerprint density at radius 3 is 2.72 bits per heavy atom. The van der Waals surface area contributed by atoms with E-state index < -0.39 is 0 Å². The quantitative estimate of drug-likeness (QED) is 0.657. The number of aryl methyl sites for hydroxylation is 1. The molecule has 18 heavy (non-hydrogen) atoms. The molecule has 0 spiro atoms. The zero-order valence-corrected chi connectivity index (χ0v) is 11.0. The molecule has 0 amide bonds. The van der Waals surface area contributed by atoms with Crippen LogP contribution in [0.15, 0.2) is 42.7 Å². The number of benzene rings is 1. The van der Waals surface area contributed by atoms with Crippen molar-refractivity contribution in [2.45, 2.75) is 19.4 Å². The summed E-state index contributed by atoms with van der Waals surface area (Å²) in [5.74, 6) is 5.70. The molecule has 1 atom stereocenters. The molecule has 94 valence electrons. The van der Waals surface area contributed by atoms with Crippen molar-refractivity contribution in [3.63, 3.8) is 0 Å². The van der Waals surface area contributed by atoms with Crippen LogP contribution in [-0.4, -0.2) is 4.98 Å². The van der Waals surface area contributed by atoms with Crippen LogP contribution in [0.1, 0.15) is 29.7 Å². The number of hydrogen-bond donors (Lipinski definition) is 2. The number of nitrogens with zero attached hydrogens (tertiary/aromatic N) is 1. The highest BCUT2D eigenvalue weighted by atomic mass is 35.5. The first-order valence-electron chi connectivity index (χ1n) is 5.91. The third kappa shape index (κ3) is 2.53. The number of halogens is 1. The first-order valence-corrected chi connectivity index (χ1v) is 6.29. The van der Waals surface area contributed by atoms with Crippen molar-refractivity contribution in [3.8, 4) is 0 Å². The van der Waals surface area contributed by atoms with Crippen molar-refractivity contribution in [2.24, 2.45) is 5.84 Å².